The molecule has 0 aliphatic rings. The molecule has 140 valence electrons. The van der Waals surface area contributed by atoms with E-state index in [1.54, 1.807) is 20.3 Å². The summed E-state index contributed by atoms with van der Waals surface area (Å²) >= 11 is 0. The standard InChI is InChI=1S/C21H22N2O4/c1-13(15-7-5-4-6-8-15)23-19-18(20(24)21(19)25)22-12-14-9-10-16(26-2)17(11-14)27-3/h4-11,13,22-23H,12H2,1-3H3/t13-/m1/s1. The molecule has 0 fully saturated rings. The molecule has 0 amide bonds. The van der Waals surface area contributed by atoms with Crippen molar-refractivity contribution in [2.45, 2.75) is 19.5 Å². The van der Waals surface area contributed by atoms with Gasteiger partial charge in [-0.15, -0.1) is 0 Å². The van der Waals surface area contributed by atoms with Crippen LogP contribution in [0.4, 0.5) is 11.4 Å². The molecule has 0 aromatic heterocycles. The van der Waals surface area contributed by atoms with Gasteiger partial charge in [0.05, 0.1) is 14.2 Å². The highest BCUT2D eigenvalue weighted by molar-refractivity contribution is 5.74. The van der Waals surface area contributed by atoms with Crippen molar-refractivity contribution in [3.8, 4) is 11.5 Å². The molecule has 0 spiro atoms. The van der Waals surface area contributed by atoms with Gasteiger partial charge in [-0.25, -0.2) is 0 Å². The SMILES string of the molecule is COc1ccc(CNc2c(N[C@H](C)c3ccccc3)c(=O)c2=O)cc1OC. The molecule has 27 heavy (non-hydrogen) atoms. The molecule has 0 unspecified atom stereocenters. The Balaban J connectivity index is 1.73. The summed E-state index contributed by atoms with van der Waals surface area (Å²) in [4.78, 5) is 24.0. The summed E-state index contributed by atoms with van der Waals surface area (Å²) in [7, 11) is 3.14. The van der Waals surface area contributed by atoms with Gasteiger partial charge < -0.3 is 20.1 Å². The maximum atomic E-state index is 12.0. The van der Waals surface area contributed by atoms with E-state index in [0.717, 1.165) is 11.1 Å². The van der Waals surface area contributed by atoms with Crippen LogP contribution in [0.1, 0.15) is 24.1 Å². The Morgan fingerprint density at radius 1 is 0.889 bits per heavy atom. The molecule has 3 aromatic carbocycles. The van der Waals surface area contributed by atoms with Gasteiger partial charge in [0.1, 0.15) is 11.4 Å². The summed E-state index contributed by atoms with van der Waals surface area (Å²) in [5.41, 5.74) is 1.60. The van der Waals surface area contributed by atoms with Crippen LogP contribution in [0.3, 0.4) is 0 Å². The largest absolute Gasteiger partial charge is 0.493 e. The van der Waals surface area contributed by atoms with Crippen LogP contribution in [-0.2, 0) is 6.54 Å². The number of hydrogen-bond donors (Lipinski definition) is 2. The van der Waals surface area contributed by atoms with Gasteiger partial charge in [-0.2, -0.15) is 0 Å². The molecule has 0 saturated heterocycles. The molecular weight excluding hydrogens is 344 g/mol. The van der Waals surface area contributed by atoms with Gasteiger partial charge >= 0.3 is 0 Å². The van der Waals surface area contributed by atoms with Gasteiger partial charge in [-0.1, -0.05) is 36.4 Å². The highest BCUT2D eigenvalue weighted by Crippen LogP contribution is 2.28. The Kier molecular flexibility index (Phi) is 5.45. The number of hydrogen-bond acceptors (Lipinski definition) is 6. The van der Waals surface area contributed by atoms with E-state index in [-0.39, 0.29) is 6.04 Å². The number of methoxy groups -OCH3 is 2. The van der Waals surface area contributed by atoms with Crippen LogP contribution in [0.5, 0.6) is 11.5 Å². The first-order valence-electron chi connectivity index (χ1n) is 8.64. The predicted octanol–water partition coefficient (Wildman–Crippen LogP) is 3.09. The molecule has 1 atom stereocenters. The van der Waals surface area contributed by atoms with Crippen molar-refractivity contribution in [1.82, 2.24) is 0 Å². The van der Waals surface area contributed by atoms with E-state index in [9.17, 15) is 9.59 Å². The smallest absolute Gasteiger partial charge is 0.253 e. The zero-order valence-corrected chi connectivity index (χ0v) is 15.5. The number of rotatable bonds is 8. The van der Waals surface area contributed by atoms with Crippen LogP contribution >= 0.6 is 0 Å². The van der Waals surface area contributed by atoms with Crippen molar-refractivity contribution in [3.63, 3.8) is 0 Å². The summed E-state index contributed by atoms with van der Waals surface area (Å²) in [6.45, 7) is 2.34. The molecule has 3 rings (SSSR count). The zero-order chi connectivity index (χ0) is 19.4. The maximum Gasteiger partial charge on any atom is 0.253 e. The second kappa shape index (κ2) is 7.95. The maximum absolute atomic E-state index is 12.0. The summed E-state index contributed by atoms with van der Waals surface area (Å²) < 4.78 is 10.5. The first-order chi connectivity index (χ1) is 13.0. The summed E-state index contributed by atoms with van der Waals surface area (Å²) in [6.07, 6.45) is 0. The first-order valence-corrected chi connectivity index (χ1v) is 8.64. The fourth-order valence-electron chi connectivity index (χ4n) is 2.92. The van der Waals surface area contributed by atoms with E-state index in [2.05, 4.69) is 10.6 Å². The van der Waals surface area contributed by atoms with Gasteiger partial charge in [-0.3, -0.25) is 9.59 Å². The average molecular weight is 366 g/mol. The van der Waals surface area contributed by atoms with E-state index in [0.29, 0.717) is 29.4 Å². The Labute approximate surface area is 157 Å². The highest BCUT2D eigenvalue weighted by Gasteiger charge is 2.22. The Hall–Kier alpha value is -3.28. The first kappa shape index (κ1) is 18.5. The Morgan fingerprint density at radius 2 is 1.56 bits per heavy atom. The topological polar surface area (TPSA) is 76.7 Å². The van der Waals surface area contributed by atoms with Gasteiger partial charge in [0.2, 0.25) is 0 Å². The molecule has 0 aliphatic heterocycles. The lowest BCUT2D eigenvalue weighted by Gasteiger charge is -2.20. The van der Waals surface area contributed by atoms with E-state index in [1.165, 1.54) is 0 Å². The lowest BCUT2D eigenvalue weighted by Crippen LogP contribution is -2.37. The number of ether oxygens (including phenoxy) is 2. The van der Waals surface area contributed by atoms with E-state index in [1.807, 2.05) is 49.4 Å². The number of benzene rings is 2. The van der Waals surface area contributed by atoms with Crippen molar-refractivity contribution in [1.29, 1.82) is 0 Å². The van der Waals surface area contributed by atoms with Gasteiger partial charge in [-0.05, 0) is 30.2 Å². The third-order valence-corrected chi connectivity index (χ3v) is 4.49. The molecule has 6 heteroatoms. The van der Waals surface area contributed by atoms with Crippen LogP contribution in [0.15, 0.2) is 58.1 Å². The molecule has 0 aliphatic carbocycles. The third-order valence-electron chi connectivity index (χ3n) is 4.49. The van der Waals surface area contributed by atoms with Crippen LogP contribution in [-0.4, -0.2) is 14.2 Å². The minimum absolute atomic E-state index is 0.0869. The van der Waals surface area contributed by atoms with Crippen LogP contribution < -0.4 is 31.0 Å². The molecule has 0 bridgehead atoms. The van der Waals surface area contributed by atoms with Crippen molar-refractivity contribution in [2.75, 3.05) is 24.9 Å². The van der Waals surface area contributed by atoms with Crippen molar-refractivity contribution >= 4 is 11.4 Å². The van der Waals surface area contributed by atoms with E-state index < -0.39 is 10.9 Å². The fourth-order valence-corrected chi connectivity index (χ4v) is 2.92. The molecule has 0 radical (unpaired) electrons. The van der Waals surface area contributed by atoms with Gasteiger partial charge in [0.25, 0.3) is 10.9 Å². The van der Waals surface area contributed by atoms with Crippen molar-refractivity contribution < 1.29 is 9.47 Å². The summed E-state index contributed by atoms with van der Waals surface area (Å²) in [6, 6.07) is 15.2. The number of anilines is 2. The summed E-state index contributed by atoms with van der Waals surface area (Å²) in [5, 5.41) is 6.20. The number of nitrogens with one attached hydrogen (secondary N) is 2. The monoisotopic (exact) mass is 366 g/mol. The highest BCUT2D eigenvalue weighted by atomic mass is 16.5. The molecule has 0 heterocycles. The minimum Gasteiger partial charge on any atom is -0.493 e. The lowest BCUT2D eigenvalue weighted by atomic mass is 10.1. The zero-order valence-electron chi connectivity index (χ0n) is 15.5. The van der Waals surface area contributed by atoms with Crippen molar-refractivity contribution in [2.24, 2.45) is 0 Å². The van der Waals surface area contributed by atoms with Gasteiger partial charge in [0.15, 0.2) is 11.5 Å². The Morgan fingerprint density at radius 3 is 2.22 bits per heavy atom. The third kappa shape index (κ3) is 3.79. The fraction of sp³-hybridized carbons (Fsp3) is 0.238. The van der Waals surface area contributed by atoms with Crippen molar-refractivity contribution in [3.05, 3.63) is 80.1 Å². The predicted molar refractivity (Wildman–Crippen MR) is 107 cm³/mol. The minimum atomic E-state index is -0.502. The van der Waals surface area contributed by atoms with Crippen LogP contribution in [0.25, 0.3) is 0 Å². The molecule has 0 saturated carbocycles. The van der Waals surface area contributed by atoms with Gasteiger partial charge in [0, 0.05) is 12.6 Å². The normalized spacial score (nSPS) is 11.8. The molecular formula is C21H22N2O4. The van der Waals surface area contributed by atoms with E-state index in [4.69, 9.17) is 9.47 Å². The Bertz CT molecular complexity index is 991. The second-order valence-electron chi connectivity index (χ2n) is 6.23. The van der Waals surface area contributed by atoms with Crippen LogP contribution in [0.2, 0.25) is 0 Å². The van der Waals surface area contributed by atoms with Crippen LogP contribution in [0, 0.1) is 0 Å². The average Bonchev–Trinajstić information content (AvgIpc) is 2.72. The molecule has 3 aromatic rings. The quantitative estimate of drug-likeness (QED) is 0.597. The lowest BCUT2D eigenvalue weighted by molar-refractivity contribution is 0.354. The van der Waals surface area contributed by atoms with E-state index >= 15 is 0 Å². The molecule has 2 N–H and O–H groups in total. The second-order valence-corrected chi connectivity index (χ2v) is 6.23. The summed E-state index contributed by atoms with van der Waals surface area (Å²) in [5.74, 6) is 1.24. The molecule has 6 nitrogen and oxygen atoms in total.